The Hall–Kier alpha value is -2.64. The van der Waals surface area contributed by atoms with Crippen molar-refractivity contribution in [3.63, 3.8) is 0 Å². The van der Waals surface area contributed by atoms with E-state index in [1.54, 1.807) is 30.3 Å². The van der Waals surface area contributed by atoms with E-state index < -0.39 is 21.8 Å². The van der Waals surface area contributed by atoms with E-state index in [-0.39, 0.29) is 21.6 Å². The van der Waals surface area contributed by atoms with Crippen molar-refractivity contribution in [1.29, 1.82) is 0 Å². The predicted molar refractivity (Wildman–Crippen MR) is 93.7 cm³/mol. The minimum Gasteiger partial charge on any atom is -0.225 e. The monoisotopic (exact) mass is 377 g/mol. The van der Waals surface area contributed by atoms with E-state index in [0.29, 0.717) is 5.56 Å². The van der Waals surface area contributed by atoms with Crippen LogP contribution in [0.1, 0.15) is 5.56 Å². The summed E-state index contributed by atoms with van der Waals surface area (Å²) in [6, 6.07) is 17.5. The molecule has 0 heterocycles. The third-order valence-corrected chi connectivity index (χ3v) is 4.87. The zero-order valence-electron chi connectivity index (χ0n) is 13.4. The van der Waals surface area contributed by atoms with Crippen LogP contribution in [0.2, 0.25) is 0 Å². The number of nitrogens with two attached hydrogens (primary N) is 1. The van der Waals surface area contributed by atoms with Crippen LogP contribution in [0.25, 0.3) is 22.3 Å². The van der Waals surface area contributed by atoms with Crippen LogP contribution in [0.3, 0.4) is 0 Å². The molecule has 26 heavy (non-hydrogen) atoms. The van der Waals surface area contributed by atoms with E-state index in [2.05, 4.69) is 0 Å². The van der Waals surface area contributed by atoms with Crippen LogP contribution in [0.4, 0.5) is 13.2 Å². The Bertz CT molecular complexity index is 1050. The molecule has 0 aromatic heterocycles. The normalized spacial score (nSPS) is 12.2. The van der Waals surface area contributed by atoms with Gasteiger partial charge in [0.15, 0.2) is 0 Å². The van der Waals surface area contributed by atoms with Crippen molar-refractivity contribution < 1.29 is 21.6 Å². The first-order chi connectivity index (χ1) is 12.2. The maximum atomic E-state index is 13.5. The number of alkyl halides is 3. The molecular weight excluding hydrogens is 363 g/mol. The van der Waals surface area contributed by atoms with Crippen molar-refractivity contribution in [3.8, 4) is 22.3 Å². The van der Waals surface area contributed by atoms with Gasteiger partial charge in [0.25, 0.3) is 0 Å². The number of primary sulfonamides is 1. The van der Waals surface area contributed by atoms with Crippen LogP contribution in [-0.2, 0) is 16.2 Å². The number of benzene rings is 3. The predicted octanol–water partition coefficient (Wildman–Crippen LogP) is 4.69. The molecule has 3 rings (SSSR count). The Morgan fingerprint density at radius 1 is 0.731 bits per heavy atom. The van der Waals surface area contributed by atoms with E-state index in [1.165, 1.54) is 36.4 Å². The summed E-state index contributed by atoms with van der Waals surface area (Å²) in [6.45, 7) is 0. The van der Waals surface area contributed by atoms with E-state index in [1.807, 2.05) is 0 Å². The molecule has 0 spiro atoms. The average molecular weight is 377 g/mol. The van der Waals surface area contributed by atoms with Crippen LogP contribution in [0.15, 0.2) is 77.7 Å². The first kappa shape index (κ1) is 18.2. The third-order valence-electron chi connectivity index (χ3n) is 3.92. The highest BCUT2D eigenvalue weighted by atomic mass is 32.2. The smallest absolute Gasteiger partial charge is 0.225 e. The summed E-state index contributed by atoms with van der Waals surface area (Å²) in [4.78, 5) is -0.224. The maximum Gasteiger partial charge on any atom is 0.417 e. The molecule has 3 nitrogen and oxygen atoms in total. The maximum absolute atomic E-state index is 13.5. The van der Waals surface area contributed by atoms with Crippen LogP contribution in [0, 0.1) is 0 Å². The molecule has 0 saturated carbocycles. The van der Waals surface area contributed by atoms with E-state index >= 15 is 0 Å². The largest absolute Gasteiger partial charge is 0.417 e. The zero-order chi connectivity index (χ0) is 18.9. The van der Waals surface area contributed by atoms with Gasteiger partial charge in [0.05, 0.1) is 10.5 Å². The number of sulfonamides is 1. The summed E-state index contributed by atoms with van der Waals surface area (Å²) < 4.78 is 64.5. The molecule has 2 N–H and O–H groups in total. The van der Waals surface area contributed by atoms with Gasteiger partial charge >= 0.3 is 6.18 Å². The lowest BCUT2D eigenvalue weighted by Gasteiger charge is -2.18. The van der Waals surface area contributed by atoms with Gasteiger partial charge in [0.1, 0.15) is 0 Å². The Morgan fingerprint density at radius 2 is 1.31 bits per heavy atom. The summed E-state index contributed by atoms with van der Waals surface area (Å²) in [7, 11) is -4.14. The molecule has 0 fully saturated rings. The van der Waals surface area contributed by atoms with Crippen LogP contribution in [0.5, 0.6) is 0 Å². The van der Waals surface area contributed by atoms with Gasteiger partial charge in [0, 0.05) is 5.56 Å². The van der Waals surface area contributed by atoms with Gasteiger partial charge in [-0.15, -0.1) is 0 Å². The SMILES string of the molecule is NS(=O)(=O)c1cccc(-c2ccccc2C(F)(F)F)c1-c1ccccc1. The fraction of sp³-hybridized carbons (Fsp3) is 0.0526. The Kier molecular flexibility index (Phi) is 4.60. The molecule has 134 valence electrons. The second kappa shape index (κ2) is 6.59. The minimum absolute atomic E-state index is 0.107. The second-order valence-corrected chi connectivity index (χ2v) is 7.16. The molecule has 3 aromatic carbocycles. The van der Waals surface area contributed by atoms with Crippen molar-refractivity contribution in [2.45, 2.75) is 11.1 Å². The first-order valence-corrected chi connectivity index (χ1v) is 9.12. The summed E-state index contributed by atoms with van der Waals surface area (Å²) in [6.07, 6.45) is -4.58. The highest BCUT2D eigenvalue weighted by molar-refractivity contribution is 7.89. The fourth-order valence-electron chi connectivity index (χ4n) is 2.86. The summed E-state index contributed by atoms with van der Waals surface area (Å²) >= 11 is 0. The summed E-state index contributed by atoms with van der Waals surface area (Å²) in [5.74, 6) is 0. The number of halogens is 3. The van der Waals surface area contributed by atoms with Gasteiger partial charge < -0.3 is 0 Å². The summed E-state index contributed by atoms with van der Waals surface area (Å²) in [5, 5.41) is 5.32. The molecule has 0 saturated heterocycles. The van der Waals surface area contributed by atoms with Crippen molar-refractivity contribution in [2.24, 2.45) is 5.14 Å². The van der Waals surface area contributed by atoms with E-state index in [4.69, 9.17) is 5.14 Å². The zero-order valence-corrected chi connectivity index (χ0v) is 14.2. The molecule has 0 radical (unpaired) electrons. The average Bonchev–Trinajstić information content (AvgIpc) is 2.60. The van der Waals surface area contributed by atoms with Gasteiger partial charge in [-0.25, -0.2) is 13.6 Å². The lowest BCUT2D eigenvalue weighted by molar-refractivity contribution is -0.137. The first-order valence-electron chi connectivity index (χ1n) is 7.57. The lowest BCUT2D eigenvalue weighted by Crippen LogP contribution is -2.14. The van der Waals surface area contributed by atoms with Gasteiger partial charge in [-0.3, -0.25) is 0 Å². The quantitative estimate of drug-likeness (QED) is 0.720. The van der Waals surface area contributed by atoms with Crippen molar-refractivity contribution in [1.82, 2.24) is 0 Å². The standard InChI is InChI=1S/C19H14F3NO2S/c20-19(21,22)16-11-5-4-9-14(16)15-10-6-12-17(26(23,24)25)18(15)13-7-2-1-3-8-13/h1-12H,(H2,23,24,25). The van der Waals surface area contributed by atoms with Crippen LogP contribution < -0.4 is 5.14 Å². The Morgan fingerprint density at radius 3 is 1.92 bits per heavy atom. The van der Waals surface area contributed by atoms with E-state index in [0.717, 1.165) is 6.07 Å². The Labute approximate surface area is 149 Å². The molecule has 0 aliphatic carbocycles. The number of hydrogen-bond donors (Lipinski definition) is 1. The van der Waals surface area contributed by atoms with Crippen molar-refractivity contribution in [3.05, 3.63) is 78.4 Å². The lowest BCUT2D eigenvalue weighted by atomic mass is 9.91. The van der Waals surface area contributed by atoms with Crippen LogP contribution in [-0.4, -0.2) is 8.42 Å². The number of hydrogen-bond acceptors (Lipinski definition) is 2. The molecule has 0 unspecified atom stereocenters. The molecular formula is C19H14F3NO2S. The molecule has 0 atom stereocenters. The highest BCUT2D eigenvalue weighted by Gasteiger charge is 2.34. The van der Waals surface area contributed by atoms with Gasteiger partial charge in [-0.1, -0.05) is 60.7 Å². The van der Waals surface area contributed by atoms with Gasteiger partial charge in [0.2, 0.25) is 10.0 Å². The minimum atomic E-state index is -4.58. The van der Waals surface area contributed by atoms with Gasteiger partial charge in [-0.2, -0.15) is 13.2 Å². The molecule has 0 bridgehead atoms. The molecule has 0 amide bonds. The molecule has 0 aliphatic heterocycles. The summed E-state index contributed by atoms with van der Waals surface area (Å²) in [5.41, 5.74) is -0.194. The van der Waals surface area contributed by atoms with Gasteiger partial charge in [-0.05, 0) is 28.8 Å². The second-order valence-electron chi connectivity index (χ2n) is 5.63. The van der Waals surface area contributed by atoms with Crippen molar-refractivity contribution in [2.75, 3.05) is 0 Å². The van der Waals surface area contributed by atoms with Crippen LogP contribution >= 0.6 is 0 Å². The third kappa shape index (κ3) is 3.49. The van der Waals surface area contributed by atoms with E-state index in [9.17, 15) is 21.6 Å². The van der Waals surface area contributed by atoms with Crippen molar-refractivity contribution >= 4 is 10.0 Å². The highest BCUT2D eigenvalue weighted by Crippen LogP contribution is 2.42. The Balaban J connectivity index is 2.42. The fourth-order valence-corrected chi connectivity index (χ4v) is 3.64. The molecule has 7 heteroatoms. The molecule has 3 aromatic rings. The number of rotatable bonds is 3. The molecule has 0 aliphatic rings. The topological polar surface area (TPSA) is 60.2 Å².